The Kier molecular flexibility index (Phi) is 5.94. The number of anilines is 1. The molecule has 152 valence electrons. The minimum atomic E-state index is -0.0866. The Morgan fingerprint density at radius 2 is 1.87 bits per heavy atom. The highest BCUT2D eigenvalue weighted by Crippen LogP contribution is 2.16. The summed E-state index contributed by atoms with van der Waals surface area (Å²) in [6.07, 6.45) is 1.23. The summed E-state index contributed by atoms with van der Waals surface area (Å²) in [6, 6.07) is 15.9. The molecule has 0 saturated heterocycles. The lowest BCUT2D eigenvalue weighted by Gasteiger charge is -2.04. The third-order valence-corrected chi connectivity index (χ3v) is 5.52. The Labute approximate surface area is 178 Å². The zero-order chi connectivity index (χ0) is 20.9. The van der Waals surface area contributed by atoms with Crippen molar-refractivity contribution in [1.82, 2.24) is 25.2 Å². The number of hydrogen-bond acceptors (Lipinski definition) is 6. The molecular formula is C22H22N6OS. The Hall–Kier alpha value is -3.39. The van der Waals surface area contributed by atoms with Gasteiger partial charge in [0.2, 0.25) is 11.7 Å². The lowest BCUT2D eigenvalue weighted by atomic mass is 10.1. The van der Waals surface area contributed by atoms with Crippen LogP contribution in [0.2, 0.25) is 0 Å². The van der Waals surface area contributed by atoms with Gasteiger partial charge in [0, 0.05) is 16.6 Å². The normalized spacial score (nSPS) is 10.9. The van der Waals surface area contributed by atoms with Gasteiger partial charge in [0.25, 0.3) is 0 Å². The van der Waals surface area contributed by atoms with E-state index in [4.69, 9.17) is 0 Å². The number of benzene rings is 2. The summed E-state index contributed by atoms with van der Waals surface area (Å²) in [5.41, 5.74) is 4.95. The van der Waals surface area contributed by atoms with Crippen LogP contribution in [0.15, 0.2) is 53.9 Å². The van der Waals surface area contributed by atoms with Crippen molar-refractivity contribution in [2.24, 2.45) is 0 Å². The lowest BCUT2D eigenvalue weighted by molar-refractivity contribution is -0.115. The molecule has 0 bridgehead atoms. The first-order chi connectivity index (χ1) is 14.6. The van der Waals surface area contributed by atoms with Crippen molar-refractivity contribution in [3.8, 4) is 11.4 Å². The number of aryl methyl sites for hydroxylation is 2. The number of thiazole rings is 1. The van der Waals surface area contributed by atoms with E-state index >= 15 is 0 Å². The van der Waals surface area contributed by atoms with Crippen LogP contribution in [0.5, 0.6) is 0 Å². The van der Waals surface area contributed by atoms with Gasteiger partial charge in [0.05, 0.1) is 12.1 Å². The summed E-state index contributed by atoms with van der Waals surface area (Å²) >= 11 is 1.46. The van der Waals surface area contributed by atoms with Crippen molar-refractivity contribution >= 4 is 22.9 Å². The summed E-state index contributed by atoms with van der Waals surface area (Å²) in [6.45, 7) is 4.55. The molecule has 0 saturated carbocycles. The summed E-state index contributed by atoms with van der Waals surface area (Å²) < 4.78 is 0. The minimum absolute atomic E-state index is 0.0866. The van der Waals surface area contributed by atoms with E-state index in [1.807, 2.05) is 48.7 Å². The molecule has 8 heteroatoms. The van der Waals surface area contributed by atoms with Crippen LogP contribution in [0.3, 0.4) is 0 Å². The van der Waals surface area contributed by atoms with Gasteiger partial charge in [-0.3, -0.25) is 4.79 Å². The maximum Gasteiger partial charge on any atom is 0.231 e. The van der Waals surface area contributed by atoms with Gasteiger partial charge < -0.3 is 5.32 Å². The predicted octanol–water partition coefficient (Wildman–Crippen LogP) is 3.90. The van der Waals surface area contributed by atoms with E-state index in [0.717, 1.165) is 33.9 Å². The first-order valence-corrected chi connectivity index (χ1v) is 10.6. The molecule has 0 aliphatic heterocycles. The van der Waals surface area contributed by atoms with Crippen molar-refractivity contribution < 1.29 is 4.79 Å². The highest BCUT2D eigenvalue weighted by molar-refractivity contribution is 7.09. The molecule has 1 N–H and O–H groups in total. The van der Waals surface area contributed by atoms with Gasteiger partial charge in [-0.15, -0.1) is 21.5 Å². The van der Waals surface area contributed by atoms with E-state index in [1.165, 1.54) is 21.7 Å². The molecule has 4 rings (SSSR count). The second-order valence-corrected chi connectivity index (χ2v) is 7.96. The van der Waals surface area contributed by atoms with Crippen LogP contribution in [0.25, 0.3) is 11.4 Å². The fraction of sp³-hybridized carbons (Fsp3) is 0.227. The molecule has 0 aliphatic rings. The largest absolute Gasteiger partial charge is 0.326 e. The van der Waals surface area contributed by atoms with Gasteiger partial charge in [-0.25, -0.2) is 4.98 Å². The van der Waals surface area contributed by atoms with E-state index in [2.05, 4.69) is 44.8 Å². The van der Waals surface area contributed by atoms with Crippen LogP contribution < -0.4 is 5.32 Å². The second-order valence-electron chi connectivity index (χ2n) is 7.02. The lowest BCUT2D eigenvalue weighted by Crippen LogP contribution is -2.14. The molecule has 7 nitrogen and oxygen atoms in total. The molecule has 4 aromatic rings. The molecule has 30 heavy (non-hydrogen) atoms. The number of aromatic nitrogens is 5. The minimum Gasteiger partial charge on any atom is -0.326 e. The summed E-state index contributed by atoms with van der Waals surface area (Å²) in [5.74, 6) is 0.502. The highest BCUT2D eigenvalue weighted by atomic mass is 32.1. The molecular weight excluding hydrogens is 396 g/mol. The zero-order valence-electron chi connectivity index (χ0n) is 16.9. The fourth-order valence-electron chi connectivity index (χ4n) is 2.94. The van der Waals surface area contributed by atoms with Gasteiger partial charge in [0.15, 0.2) is 0 Å². The van der Waals surface area contributed by atoms with Crippen molar-refractivity contribution in [3.63, 3.8) is 0 Å². The van der Waals surface area contributed by atoms with Gasteiger partial charge >= 0.3 is 0 Å². The van der Waals surface area contributed by atoms with E-state index in [-0.39, 0.29) is 12.3 Å². The van der Waals surface area contributed by atoms with Gasteiger partial charge in [-0.05, 0) is 36.3 Å². The summed E-state index contributed by atoms with van der Waals surface area (Å²) in [4.78, 5) is 18.3. The summed E-state index contributed by atoms with van der Waals surface area (Å²) in [5, 5.41) is 18.3. The predicted molar refractivity (Wildman–Crippen MR) is 117 cm³/mol. The average molecular weight is 419 g/mol. The first-order valence-electron chi connectivity index (χ1n) is 9.76. The first kappa shape index (κ1) is 19.9. The van der Waals surface area contributed by atoms with E-state index in [9.17, 15) is 4.79 Å². The summed E-state index contributed by atoms with van der Waals surface area (Å²) in [7, 11) is 0. The second kappa shape index (κ2) is 8.96. The Bertz CT molecular complexity index is 1130. The topological polar surface area (TPSA) is 85.6 Å². The molecule has 0 atom stereocenters. The van der Waals surface area contributed by atoms with Crippen molar-refractivity contribution in [1.29, 1.82) is 0 Å². The van der Waals surface area contributed by atoms with Gasteiger partial charge in [0.1, 0.15) is 11.6 Å². The molecule has 0 aliphatic carbocycles. The maximum absolute atomic E-state index is 12.3. The standard InChI is InChI=1S/C22H22N6OS/c1-3-16-6-8-17(9-7-16)22-25-27-28(26-22)13-19-14-30-21(24-19)12-20(29)23-18-10-4-15(2)5-11-18/h4-11,14H,3,12-13H2,1-2H3,(H,23,29). The highest BCUT2D eigenvalue weighted by Gasteiger charge is 2.11. The van der Waals surface area contributed by atoms with Gasteiger partial charge in [-0.1, -0.05) is 48.9 Å². The van der Waals surface area contributed by atoms with Crippen LogP contribution >= 0.6 is 11.3 Å². The van der Waals surface area contributed by atoms with Crippen LogP contribution in [0, 0.1) is 6.92 Å². The van der Waals surface area contributed by atoms with Crippen molar-refractivity contribution in [3.05, 3.63) is 75.7 Å². The smallest absolute Gasteiger partial charge is 0.231 e. The third-order valence-electron chi connectivity index (χ3n) is 4.62. The van der Waals surface area contributed by atoms with Crippen LogP contribution in [0.1, 0.15) is 28.8 Å². The molecule has 2 aromatic carbocycles. The van der Waals surface area contributed by atoms with E-state index in [1.54, 1.807) is 0 Å². The molecule has 0 fully saturated rings. The maximum atomic E-state index is 12.3. The molecule has 2 heterocycles. The SMILES string of the molecule is CCc1ccc(-c2nnn(Cc3csc(CC(=O)Nc4ccc(C)cc4)n3)n2)cc1. The zero-order valence-corrected chi connectivity index (χ0v) is 17.7. The number of nitrogens with one attached hydrogen (secondary N) is 1. The monoisotopic (exact) mass is 418 g/mol. The Balaban J connectivity index is 1.35. The number of nitrogens with zero attached hydrogens (tertiary/aromatic N) is 5. The van der Waals surface area contributed by atoms with E-state index in [0.29, 0.717) is 12.4 Å². The van der Waals surface area contributed by atoms with E-state index < -0.39 is 0 Å². The van der Waals surface area contributed by atoms with Crippen LogP contribution in [-0.4, -0.2) is 31.1 Å². The number of carbonyl (C=O) groups excluding carboxylic acids is 1. The molecule has 2 aromatic heterocycles. The number of tetrazole rings is 1. The van der Waals surface area contributed by atoms with Crippen molar-refractivity contribution in [2.75, 3.05) is 5.32 Å². The molecule has 1 amide bonds. The molecule has 0 radical (unpaired) electrons. The number of rotatable bonds is 7. The molecule has 0 unspecified atom stereocenters. The fourth-order valence-corrected chi connectivity index (χ4v) is 3.73. The number of amides is 1. The van der Waals surface area contributed by atoms with Crippen LogP contribution in [-0.2, 0) is 24.2 Å². The quantitative estimate of drug-likeness (QED) is 0.492. The molecule has 0 spiro atoms. The number of hydrogen-bond donors (Lipinski definition) is 1. The van der Waals surface area contributed by atoms with Gasteiger partial charge in [-0.2, -0.15) is 4.80 Å². The average Bonchev–Trinajstić information content (AvgIpc) is 3.40. The Morgan fingerprint density at radius 3 is 2.60 bits per heavy atom. The third kappa shape index (κ3) is 4.96. The number of carbonyl (C=O) groups is 1. The van der Waals surface area contributed by atoms with Crippen molar-refractivity contribution in [2.45, 2.75) is 33.2 Å². The Morgan fingerprint density at radius 1 is 1.10 bits per heavy atom. The van der Waals surface area contributed by atoms with Crippen LogP contribution in [0.4, 0.5) is 5.69 Å².